The molecule has 1 aliphatic rings. The lowest BCUT2D eigenvalue weighted by Crippen LogP contribution is -2.39. The molecule has 1 saturated heterocycles. The number of piperidine rings is 1. The lowest BCUT2D eigenvalue weighted by atomic mass is 9.98. The summed E-state index contributed by atoms with van der Waals surface area (Å²) in [7, 11) is 0. The SMILES string of the molecule is CCOC(=O)[C@@H]1CCCN(Cc2ccc(C(=O)NCCn3nc(C)cc3C)c(=O)[nH]2)C1. The molecular formula is C22H31N5O4. The molecule has 2 N–H and O–H groups in total. The molecule has 168 valence electrons. The van der Waals surface area contributed by atoms with Gasteiger partial charge in [-0.05, 0) is 58.4 Å². The summed E-state index contributed by atoms with van der Waals surface area (Å²) in [5.41, 5.74) is 2.34. The molecule has 2 aromatic rings. The van der Waals surface area contributed by atoms with Crippen LogP contribution in [0.1, 0.15) is 47.2 Å². The maximum absolute atomic E-state index is 12.4. The largest absolute Gasteiger partial charge is 0.466 e. The monoisotopic (exact) mass is 429 g/mol. The van der Waals surface area contributed by atoms with E-state index in [2.05, 4.69) is 20.3 Å². The van der Waals surface area contributed by atoms with Crippen molar-refractivity contribution in [2.45, 2.75) is 46.7 Å². The predicted molar refractivity (Wildman–Crippen MR) is 116 cm³/mol. The number of esters is 1. The van der Waals surface area contributed by atoms with Gasteiger partial charge in [-0.15, -0.1) is 0 Å². The Morgan fingerprint density at radius 2 is 2.13 bits per heavy atom. The zero-order chi connectivity index (χ0) is 22.4. The van der Waals surface area contributed by atoms with Crippen molar-refractivity contribution < 1.29 is 14.3 Å². The highest BCUT2D eigenvalue weighted by Gasteiger charge is 2.27. The highest BCUT2D eigenvalue weighted by atomic mass is 16.5. The number of nitrogens with zero attached hydrogens (tertiary/aromatic N) is 3. The minimum atomic E-state index is -0.417. The molecule has 1 amide bonds. The number of hydrogen-bond acceptors (Lipinski definition) is 6. The molecule has 9 nitrogen and oxygen atoms in total. The standard InChI is InChI=1S/C22H31N5O4/c1-4-31-22(30)17-6-5-10-26(13-17)14-18-7-8-19(21(29)24-18)20(28)23-9-11-27-16(3)12-15(2)25-27/h7-8,12,17H,4-6,9-11,13-14H2,1-3H3,(H,23,28)(H,24,29)/t17-/m1/s1. The van der Waals surface area contributed by atoms with E-state index in [1.165, 1.54) is 0 Å². The molecule has 3 heterocycles. The molecule has 3 rings (SSSR count). The number of H-pyrrole nitrogens is 1. The van der Waals surface area contributed by atoms with Crippen molar-refractivity contribution in [3.8, 4) is 0 Å². The van der Waals surface area contributed by atoms with Crippen LogP contribution in [-0.4, -0.2) is 57.8 Å². The van der Waals surface area contributed by atoms with E-state index in [9.17, 15) is 14.4 Å². The third kappa shape index (κ3) is 6.04. The van der Waals surface area contributed by atoms with Crippen LogP contribution < -0.4 is 10.9 Å². The van der Waals surface area contributed by atoms with E-state index in [0.717, 1.165) is 30.8 Å². The minimum absolute atomic E-state index is 0.0835. The Balaban J connectivity index is 1.54. The molecule has 9 heteroatoms. The second-order valence-corrected chi connectivity index (χ2v) is 7.96. The first-order valence-electron chi connectivity index (χ1n) is 10.8. The van der Waals surface area contributed by atoms with E-state index in [0.29, 0.717) is 38.5 Å². The lowest BCUT2D eigenvalue weighted by molar-refractivity contribution is -0.150. The van der Waals surface area contributed by atoms with Gasteiger partial charge in [-0.1, -0.05) is 0 Å². The number of rotatable bonds is 8. The summed E-state index contributed by atoms with van der Waals surface area (Å²) >= 11 is 0. The molecule has 0 aromatic carbocycles. The van der Waals surface area contributed by atoms with Gasteiger partial charge in [0.15, 0.2) is 0 Å². The molecule has 2 aromatic heterocycles. The van der Waals surface area contributed by atoms with Gasteiger partial charge < -0.3 is 15.0 Å². The number of pyridine rings is 1. The first-order valence-corrected chi connectivity index (χ1v) is 10.8. The van der Waals surface area contributed by atoms with Crippen molar-refractivity contribution in [1.29, 1.82) is 0 Å². The molecule has 1 fully saturated rings. The van der Waals surface area contributed by atoms with E-state index < -0.39 is 11.5 Å². The quantitative estimate of drug-likeness (QED) is 0.614. The molecule has 0 saturated carbocycles. The van der Waals surface area contributed by atoms with Gasteiger partial charge in [-0.2, -0.15) is 5.10 Å². The summed E-state index contributed by atoms with van der Waals surface area (Å²) in [5, 5.41) is 7.13. The van der Waals surface area contributed by atoms with Gasteiger partial charge in [-0.25, -0.2) is 0 Å². The molecule has 1 atom stereocenters. The predicted octanol–water partition coefficient (Wildman–Crippen LogP) is 1.39. The normalized spacial score (nSPS) is 16.8. The molecule has 1 aliphatic heterocycles. The molecule has 0 bridgehead atoms. The van der Waals surface area contributed by atoms with Crippen molar-refractivity contribution in [2.75, 3.05) is 26.2 Å². The Kier molecular flexibility index (Phi) is 7.62. The highest BCUT2D eigenvalue weighted by molar-refractivity contribution is 5.93. The van der Waals surface area contributed by atoms with E-state index in [-0.39, 0.29) is 17.5 Å². The molecule has 0 spiro atoms. The summed E-state index contributed by atoms with van der Waals surface area (Å²) in [4.78, 5) is 41.8. The Morgan fingerprint density at radius 1 is 1.32 bits per heavy atom. The van der Waals surface area contributed by atoms with Gasteiger partial charge in [0.05, 0.1) is 24.8 Å². The Bertz CT molecular complexity index is 981. The smallest absolute Gasteiger partial charge is 0.310 e. The molecule has 31 heavy (non-hydrogen) atoms. The maximum Gasteiger partial charge on any atom is 0.310 e. The van der Waals surface area contributed by atoms with Gasteiger partial charge in [0, 0.05) is 31.0 Å². The van der Waals surface area contributed by atoms with Gasteiger partial charge in [0.1, 0.15) is 5.56 Å². The highest BCUT2D eigenvalue weighted by Crippen LogP contribution is 2.19. The zero-order valence-electron chi connectivity index (χ0n) is 18.4. The second kappa shape index (κ2) is 10.4. The third-order valence-corrected chi connectivity index (χ3v) is 5.45. The fourth-order valence-corrected chi connectivity index (χ4v) is 3.95. The van der Waals surface area contributed by atoms with Crippen LogP contribution in [-0.2, 0) is 22.6 Å². The van der Waals surface area contributed by atoms with E-state index in [4.69, 9.17) is 4.74 Å². The number of carbonyl (C=O) groups is 2. The molecule has 0 radical (unpaired) electrons. The topological polar surface area (TPSA) is 109 Å². The van der Waals surface area contributed by atoms with E-state index in [1.54, 1.807) is 19.1 Å². The van der Waals surface area contributed by atoms with Crippen LogP contribution in [0, 0.1) is 19.8 Å². The average Bonchev–Trinajstić information content (AvgIpc) is 3.05. The molecule has 0 unspecified atom stereocenters. The van der Waals surface area contributed by atoms with Crippen molar-refractivity contribution in [1.82, 2.24) is 25.0 Å². The molecule has 0 aliphatic carbocycles. The van der Waals surface area contributed by atoms with E-state index in [1.807, 2.05) is 24.6 Å². The summed E-state index contributed by atoms with van der Waals surface area (Å²) in [5.74, 6) is -0.699. The Labute approximate surface area is 181 Å². The van der Waals surface area contributed by atoms with Crippen LogP contribution in [0.25, 0.3) is 0 Å². The molecular weight excluding hydrogens is 398 g/mol. The third-order valence-electron chi connectivity index (χ3n) is 5.45. The number of ether oxygens (including phenoxy) is 1. The fraction of sp³-hybridized carbons (Fsp3) is 0.545. The van der Waals surface area contributed by atoms with Crippen LogP contribution in [0.3, 0.4) is 0 Å². The average molecular weight is 430 g/mol. The van der Waals surface area contributed by atoms with Gasteiger partial charge in [0.2, 0.25) is 0 Å². The first kappa shape index (κ1) is 22.7. The number of aryl methyl sites for hydroxylation is 2. The summed E-state index contributed by atoms with van der Waals surface area (Å²) in [6, 6.07) is 5.29. The summed E-state index contributed by atoms with van der Waals surface area (Å²) < 4.78 is 6.96. The fourth-order valence-electron chi connectivity index (χ4n) is 3.95. The van der Waals surface area contributed by atoms with Crippen molar-refractivity contribution in [3.63, 3.8) is 0 Å². The number of nitrogens with one attached hydrogen (secondary N) is 2. The van der Waals surface area contributed by atoms with Gasteiger partial charge in [0.25, 0.3) is 11.5 Å². The number of hydrogen-bond donors (Lipinski definition) is 2. The van der Waals surface area contributed by atoms with Crippen molar-refractivity contribution in [3.05, 3.63) is 51.2 Å². The van der Waals surface area contributed by atoms with Crippen molar-refractivity contribution in [2.24, 2.45) is 5.92 Å². The van der Waals surface area contributed by atoms with Crippen molar-refractivity contribution >= 4 is 11.9 Å². The van der Waals surface area contributed by atoms with Crippen LogP contribution in [0.15, 0.2) is 23.0 Å². The van der Waals surface area contributed by atoms with Gasteiger partial charge >= 0.3 is 5.97 Å². The van der Waals surface area contributed by atoms with Crippen LogP contribution in [0.4, 0.5) is 0 Å². The van der Waals surface area contributed by atoms with Crippen LogP contribution in [0.2, 0.25) is 0 Å². The minimum Gasteiger partial charge on any atom is -0.466 e. The number of carbonyl (C=O) groups excluding carboxylic acids is 2. The van der Waals surface area contributed by atoms with Crippen LogP contribution in [0.5, 0.6) is 0 Å². The number of likely N-dealkylation sites (tertiary alicyclic amines) is 1. The first-order chi connectivity index (χ1) is 14.9. The van der Waals surface area contributed by atoms with Gasteiger partial charge in [-0.3, -0.25) is 24.0 Å². The Hall–Kier alpha value is -2.94. The lowest BCUT2D eigenvalue weighted by Gasteiger charge is -2.31. The number of aromatic amines is 1. The number of amides is 1. The van der Waals surface area contributed by atoms with Crippen LogP contribution >= 0.6 is 0 Å². The zero-order valence-corrected chi connectivity index (χ0v) is 18.4. The second-order valence-electron chi connectivity index (χ2n) is 7.96. The number of aromatic nitrogens is 3. The summed E-state index contributed by atoms with van der Waals surface area (Å²) in [6.45, 7) is 8.97. The Morgan fingerprint density at radius 3 is 2.81 bits per heavy atom. The van der Waals surface area contributed by atoms with E-state index >= 15 is 0 Å². The summed E-state index contributed by atoms with van der Waals surface area (Å²) in [6.07, 6.45) is 1.73. The maximum atomic E-state index is 12.4.